The number of hydrogen-bond acceptors (Lipinski definition) is 3. The molecule has 1 heterocycles. The Morgan fingerprint density at radius 3 is 2.47 bits per heavy atom. The molecule has 0 fully saturated rings. The van der Waals surface area contributed by atoms with Gasteiger partial charge in [-0.25, -0.2) is 0 Å². The molecule has 3 N–H and O–H groups in total. The van der Waals surface area contributed by atoms with Crippen LogP contribution in [0.15, 0.2) is 6.07 Å². The predicted octanol–water partition coefficient (Wildman–Crippen LogP) is 2.56. The highest BCUT2D eigenvalue weighted by Crippen LogP contribution is 2.26. The summed E-state index contributed by atoms with van der Waals surface area (Å²) in [5.41, 5.74) is 6.67. The number of hydrogen-bond donors (Lipinski definition) is 2. The van der Waals surface area contributed by atoms with Crippen LogP contribution < -0.4 is 11.1 Å². The molecule has 0 saturated heterocycles. The summed E-state index contributed by atoms with van der Waals surface area (Å²) in [6.45, 7) is 8.41. The van der Waals surface area contributed by atoms with Crippen molar-refractivity contribution in [3.63, 3.8) is 0 Å². The van der Waals surface area contributed by atoms with Gasteiger partial charge in [0.15, 0.2) is 0 Å². The average molecular weight is 277 g/mol. The van der Waals surface area contributed by atoms with E-state index in [0.29, 0.717) is 6.54 Å². The molecule has 0 bridgehead atoms. The topological polar surface area (TPSA) is 55.1 Å². The number of amides is 1. The summed E-state index contributed by atoms with van der Waals surface area (Å²) in [6.07, 6.45) is 0. The molecule has 1 rings (SSSR count). The first-order chi connectivity index (χ1) is 7.45. The van der Waals surface area contributed by atoms with E-state index in [-0.39, 0.29) is 30.3 Å². The lowest BCUT2D eigenvalue weighted by Gasteiger charge is -2.16. The van der Waals surface area contributed by atoms with E-state index in [9.17, 15) is 4.79 Å². The molecule has 0 aliphatic carbocycles. The van der Waals surface area contributed by atoms with Gasteiger partial charge < -0.3 is 11.1 Å². The lowest BCUT2D eigenvalue weighted by molar-refractivity contribution is -0.124. The molecule has 0 aliphatic heterocycles. The van der Waals surface area contributed by atoms with Gasteiger partial charge in [0, 0.05) is 22.2 Å². The minimum absolute atomic E-state index is 0. The number of halogens is 1. The first-order valence-electron chi connectivity index (χ1n) is 5.53. The van der Waals surface area contributed by atoms with Crippen molar-refractivity contribution in [3.05, 3.63) is 21.4 Å². The molecule has 2 unspecified atom stereocenters. The third-order valence-corrected chi connectivity index (χ3v) is 3.69. The second-order valence-corrected chi connectivity index (χ2v) is 5.70. The average Bonchev–Trinajstić information content (AvgIpc) is 2.56. The van der Waals surface area contributed by atoms with Gasteiger partial charge in [0.05, 0.1) is 6.04 Å². The van der Waals surface area contributed by atoms with Crippen molar-refractivity contribution in [2.75, 3.05) is 6.54 Å². The molecule has 1 amide bonds. The third kappa shape index (κ3) is 4.30. The van der Waals surface area contributed by atoms with Gasteiger partial charge in [0.2, 0.25) is 5.91 Å². The molecule has 0 spiro atoms. The Bertz CT molecular complexity index is 379. The van der Waals surface area contributed by atoms with E-state index >= 15 is 0 Å². The van der Waals surface area contributed by atoms with Crippen molar-refractivity contribution in [2.45, 2.75) is 33.7 Å². The number of rotatable bonds is 4. The molecule has 0 aliphatic rings. The molecule has 0 aromatic carbocycles. The molecule has 1 aromatic heterocycles. The summed E-state index contributed by atoms with van der Waals surface area (Å²) >= 11 is 1.76. The Morgan fingerprint density at radius 2 is 2.06 bits per heavy atom. The Labute approximate surface area is 113 Å². The predicted molar refractivity (Wildman–Crippen MR) is 75.8 cm³/mol. The van der Waals surface area contributed by atoms with Crippen molar-refractivity contribution >= 4 is 29.7 Å². The molecule has 98 valence electrons. The number of nitrogens with one attached hydrogen (secondary N) is 1. The van der Waals surface area contributed by atoms with Crippen molar-refractivity contribution in [2.24, 2.45) is 11.7 Å². The first-order valence-corrected chi connectivity index (χ1v) is 6.34. The van der Waals surface area contributed by atoms with Gasteiger partial charge in [-0.05, 0) is 32.4 Å². The maximum Gasteiger partial charge on any atom is 0.224 e. The van der Waals surface area contributed by atoms with Crippen molar-refractivity contribution < 1.29 is 4.79 Å². The summed E-state index contributed by atoms with van der Waals surface area (Å²) < 4.78 is 0. The third-order valence-electron chi connectivity index (χ3n) is 2.71. The lowest BCUT2D eigenvalue weighted by Crippen LogP contribution is -2.34. The molecule has 0 radical (unpaired) electrons. The first kappa shape index (κ1) is 16.4. The maximum atomic E-state index is 11.7. The summed E-state index contributed by atoms with van der Waals surface area (Å²) in [7, 11) is 0. The smallest absolute Gasteiger partial charge is 0.224 e. The van der Waals surface area contributed by atoms with Gasteiger partial charge in [-0.1, -0.05) is 6.92 Å². The summed E-state index contributed by atoms with van der Waals surface area (Å²) in [4.78, 5) is 14.2. The van der Waals surface area contributed by atoms with Crippen LogP contribution in [0.5, 0.6) is 0 Å². The van der Waals surface area contributed by atoms with E-state index in [2.05, 4.69) is 25.2 Å². The van der Waals surface area contributed by atoms with E-state index in [1.807, 2.05) is 13.8 Å². The molecular formula is C12H21ClN2OS. The van der Waals surface area contributed by atoms with E-state index in [4.69, 9.17) is 5.73 Å². The normalized spacial score (nSPS) is 13.7. The van der Waals surface area contributed by atoms with Crippen molar-refractivity contribution in [1.29, 1.82) is 0 Å². The highest BCUT2D eigenvalue weighted by molar-refractivity contribution is 7.12. The molecular weight excluding hydrogens is 256 g/mol. The van der Waals surface area contributed by atoms with E-state index < -0.39 is 0 Å². The summed E-state index contributed by atoms with van der Waals surface area (Å²) in [5.74, 6) is -0.0965. The Balaban J connectivity index is 0.00000256. The molecule has 1 aromatic rings. The highest BCUT2D eigenvalue weighted by atomic mass is 35.5. The summed E-state index contributed by atoms with van der Waals surface area (Å²) in [6, 6.07) is 2.20. The van der Waals surface area contributed by atoms with Gasteiger partial charge >= 0.3 is 0 Å². The largest absolute Gasteiger partial charge is 0.349 e. The van der Waals surface area contributed by atoms with E-state index in [0.717, 1.165) is 0 Å². The van der Waals surface area contributed by atoms with Crippen LogP contribution in [0, 0.1) is 19.8 Å². The van der Waals surface area contributed by atoms with Crippen LogP contribution in [-0.4, -0.2) is 12.5 Å². The SMILES string of the molecule is Cc1cc(C(C)NC(=O)C(C)CN)c(C)s1.Cl. The Hall–Kier alpha value is -0.580. The Morgan fingerprint density at radius 1 is 1.47 bits per heavy atom. The second kappa shape index (κ2) is 6.99. The number of nitrogens with two attached hydrogens (primary N) is 1. The van der Waals surface area contributed by atoms with Crippen molar-refractivity contribution in [3.8, 4) is 0 Å². The number of thiophene rings is 1. The number of aryl methyl sites for hydroxylation is 2. The van der Waals surface area contributed by atoms with Crippen LogP contribution in [0.1, 0.15) is 35.2 Å². The molecule has 0 saturated carbocycles. The standard InChI is InChI=1S/C12H20N2OS.ClH/c1-7(6-13)12(15)14-9(3)11-5-8(2)16-10(11)4;/h5,7,9H,6,13H2,1-4H3,(H,14,15);1H. The highest BCUT2D eigenvalue weighted by Gasteiger charge is 2.16. The zero-order valence-corrected chi connectivity index (χ0v) is 12.4. The molecule has 5 heteroatoms. The fraction of sp³-hybridized carbons (Fsp3) is 0.583. The fourth-order valence-electron chi connectivity index (χ4n) is 1.62. The zero-order chi connectivity index (χ0) is 12.3. The van der Waals surface area contributed by atoms with E-state index in [1.165, 1.54) is 15.3 Å². The summed E-state index contributed by atoms with van der Waals surface area (Å²) in [5, 5.41) is 2.99. The monoisotopic (exact) mass is 276 g/mol. The maximum absolute atomic E-state index is 11.7. The fourth-order valence-corrected chi connectivity index (χ4v) is 2.64. The van der Waals surface area contributed by atoms with Gasteiger partial charge in [-0.15, -0.1) is 23.7 Å². The number of carbonyl (C=O) groups is 1. The van der Waals surface area contributed by atoms with Gasteiger partial charge in [-0.3, -0.25) is 4.79 Å². The quantitative estimate of drug-likeness (QED) is 0.888. The van der Waals surface area contributed by atoms with Gasteiger partial charge in [-0.2, -0.15) is 0 Å². The lowest BCUT2D eigenvalue weighted by atomic mass is 10.1. The van der Waals surface area contributed by atoms with Crippen LogP contribution in [0.2, 0.25) is 0 Å². The minimum Gasteiger partial charge on any atom is -0.349 e. The van der Waals surface area contributed by atoms with Gasteiger partial charge in [0.1, 0.15) is 0 Å². The van der Waals surface area contributed by atoms with Crippen LogP contribution in [0.4, 0.5) is 0 Å². The zero-order valence-electron chi connectivity index (χ0n) is 10.7. The molecule has 2 atom stereocenters. The van der Waals surface area contributed by atoms with Crippen LogP contribution in [0.3, 0.4) is 0 Å². The van der Waals surface area contributed by atoms with Crippen LogP contribution in [0.25, 0.3) is 0 Å². The Kier molecular flexibility index (Phi) is 6.75. The van der Waals surface area contributed by atoms with E-state index in [1.54, 1.807) is 11.3 Å². The molecule has 17 heavy (non-hydrogen) atoms. The number of carbonyl (C=O) groups excluding carboxylic acids is 1. The molecule has 3 nitrogen and oxygen atoms in total. The van der Waals surface area contributed by atoms with Crippen LogP contribution >= 0.6 is 23.7 Å². The second-order valence-electron chi connectivity index (χ2n) is 4.24. The van der Waals surface area contributed by atoms with Crippen molar-refractivity contribution in [1.82, 2.24) is 5.32 Å². The van der Waals surface area contributed by atoms with Crippen LogP contribution in [-0.2, 0) is 4.79 Å². The minimum atomic E-state index is -0.123. The van der Waals surface area contributed by atoms with Gasteiger partial charge in [0.25, 0.3) is 0 Å².